The molecule has 0 bridgehead atoms. The topological polar surface area (TPSA) is 90.0 Å². The molecule has 0 unspecified atom stereocenters. The molecule has 114 valence electrons. The SMILES string of the molecule is Cc1cnn(CCNS(=O)(=O)c2cc(Cl)cc(N)c2Br)c1. The Morgan fingerprint density at radius 2 is 2.19 bits per heavy atom. The average Bonchev–Trinajstić information content (AvgIpc) is 2.79. The second-order valence-electron chi connectivity index (χ2n) is 4.49. The predicted octanol–water partition coefficient (Wildman–Crippen LogP) is 2.17. The van der Waals surface area contributed by atoms with E-state index in [0.717, 1.165) is 5.56 Å². The molecule has 0 saturated carbocycles. The number of nitrogens with two attached hydrogens (primary N) is 1. The molecule has 0 atom stereocenters. The summed E-state index contributed by atoms with van der Waals surface area (Å²) in [6.45, 7) is 2.56. The van der Waals surface area contributed by atoms with Crippen molar-refractivity contribution in [2.75, 3.05) is 12.3 Å². The van der Waals surface area contributed by atoms with Gasteiger partial charge in [-0.05, 0) is 40.5 Å². The maximum absolute atomic E-state index is 12.3. The number of nitrogen functional groups attached to an aromatic ring is 1. The lowest BCUT2D eigenvalue weighted by molar-refractivity contribution is 0.560. The van der Waals surface area contributed by atoms with Crippen LogP contribution in [-0.2, 0) is 16.6 Å². The fraction of sp³-hybridized carbons (Fsp3) is 0.250. The fourth-order valence-corrected chi connectivity index (χ4v) is 4.05. The monoisotopic (exact) mass is 392 g/mol. The van der Waals surface area contributed by atoms with E-state index in [1.165, 1.54) is 12.1 Å². The van der Waals surface area contributed by atoms with E-state index in [1.54, 1.807) is 10.9 Å². The summed E-state index contributed by atoms with van der Waals surface area (Å²) >= 11 is 9.02. The molecule has 1 aromatic carbocycles. The lowest BCUT2D eigenvalue weighted by Crippen LogP contribution is -2.28. The van der Waals surface area contributed by atoms with Crippen LogP contribution >= 0.6 is 27.5 Å². The first-order valence-electron chi connectivity index (χ1n) is 6.03. The van der Waals surface area contributed by atoms with Gasteiger partial charge in [-0.3, -0.25) is 4.68 Å². The quantitative estimate of drug-likeness (QED) is 0.762. The van der Waals surface area contributed by atoms with Crippen LogP contribution in [0.3, 0.4) is 0 Å². The van der Waals surface area contributed by atoms with Crippen LogP contribution in [0.15, 0.2) is 33.9 Å². The first-order chi connectivity index (χ1) is 9.79. The number of hydrogen-bond acceptors (Lipinski definition) is 4. The molecule has 2 rings (SSSR count). The average molecular weight is 394 g/mol. The maximum Gasteiger partial charge on any atom is 0.241 e. The summed E-state index contributed by atoms with van der Waals surface area (Å²) in [5.41, 5.74) is 6.99. The fourth-order valence-electron chi connectivity index (χ4n) is 1.74. The van der Waals surface area contributed by atoms with Gasteiger partial charge in [0.25, 0.3) is 0 Å². The number of nitrogens with zero attached hydrogens (tertiary/aromatic N) is 2. The van der Waals surface area contributed by atoms with E-state index in [0.29, 0.717) is 11.0 Å². The van der Waals surface area contributed by atoms with Gasteiger partial charge in [0.1, 0.15) is 0 Å². The zero-order chi connectivity index (χ0) is 15.6. The molecule has 0 saturated heterocycles. The molecule has 3 N–H and O–H groups in total. The number of rotatable bonds is 5. The van der Waals surface area contributed by atoms with Crippen LogP contribution in [0.25, 0.3) is 0 Å². The molecular formula is C12H14BrClN4O2S. The van der Waals surface area contributed by atoms with Gasteiger partial charge in [0, 0.05) is 23.5 Å². The highest BCUT2D eigenvalue weighted by atomic mass is 79.9. The molecule has 0 aliphatic heterocycles. The number of halogens is 2. The van der Waals surface area contributed by atoms with Crippen LogP contribution in [0.1, 0.15) is 5.56 Å². The summed E-state index contributed by atoms with van der Waals surface area (Å²) in [5.74, 6) is 0. The number of hydrogen-bond donors (Lipinski definition) is 2. The predicted molar refractivity (Wildman–Crippen MR) is 85.7 cm³/mol. The molecule has 0 radical (unpaired) electrons. The Labute approximate surface area is 136 Å². The third-order valence-electron chi connectivity index (χ3n) is 2.72. The van der Waals surface area contributed by atoms with Crippen molar-refractivity contribution in [2.45, 2.75) is 18.4 Å². The van der Waals surface area contributed by atoms with Gasteiger partial charge in [0.05, 0.1) is 22.1 Å². The van der Waals surface area contributed by atoms with Gasteiger partial charge in [0.15, 0.2) is 0 Å². The van der Waals surface area contributed by atoms with E-state index < -0.39 is 10.0 Å². The van der Waals surface area contributed by atoms with Crippen molar-refractivity contribution in [3.63, 3.8) is 0 Å². The van der Waals surface area contributed by atoms with Gasteiger partial charge in [-0.2, -0.15) is 5.10 Å². The first kappa shape index (κ1) is 16.3. The minimum absolute atomic E-state index is 0.0177. The molecule has 21 heavy (non-hydrogen) atoms. The standard InChI is InChI=1S/C12H14BrClN4O2S/c1-8-6-16-18(7-8)3-2-17-21(19,20)11-5-9(14)4-10(15)12(11)13/h4-7,17H,2-3,15H2,1H3. The largest absolute Gasteiger partial charge is 0.398 e. The van der Waals surface area contributed by atoms with Crippen LogP contribution in [0.2, 0.25) is 5.02 Å². The summed E-state index contributed by atoms with van der Waals surface area (Å²) in [7, 11) is -3.70. The van der Waals surface area contributed by atoms with Gasteiger partial charge < -0.3 is 5.73 Å². The highest BCUT2D eigenvalue weighted by Crippen LogP contribution is 2.31. The third kappa shape index (κ3) is 3.97. The van der Waals surface area contributed by atoms with Gasteiger partial charge in [-0.15, -0.1) is 0 Å². The molecule has 0 amide bonds. The van der Waals surface area contributed by atoms with Crippen LogP contribution in [0.5, 0.6) is 0 Å². The molecule has 0 aliphatic carbocycles. The Kier molecular flexibility index (Phi) is 4.92. The van der Waals surface area contributed by atoms with Crippen LogP contribution in [-0.4, -0.2) is 24.7 Å². The molecule has 1 heterocycles. The summed E-state index contributed by atoms with van der Waals surface area (Å²) in [4.78, 5) is 0.0177. The molecule has 2 aromatic rings. The lowest BCUT2D eigenvalue weighted by atomic mass is 10.3. The van der Waals surface area contributed by atoms with Crippen molar-refractivity contribution in [1.82, 2.24) is 14.5 Å². The molecule has 1 aromatic heterocycles. The van der Waals surface area contributed by atoms with Crippen molar-refractivity contribution in [2.24, 2.45) is 0 Å². The van der Waals surface area contributed by atoms with Crippen molar-refractivity contribution in [3.8, 4) is 0 Å². The van der Waals surface area contributed by atoms with E-state index in [2.05, 4.69) is 25.8 Å². The van der Waals surface area contributed by atoms with Gasteiger partial charge in [-0.25, -0.2) is 13.1 Å². The number of sulfonamides is 1. The highest BCUT2D eigenvalue weighted by molar-refractivity contribution is 9.10. The minimum atomic E-state index is -3.70. The number of anilines is 1. The summed E-state index contributed by atoms with van der Waals surface area (Å²) < 4.78 is 29.0. The molecule has 6 nitrogen and oxygen atoms in total. The summed E-state index contributed by atoms with van der Waals surface area (Å²) in [5, 5.41) is 4.35. The normalized spacial score (nSPS) is 11.8. The molecule has 0 fully saturated rings. The van der Waals surface area contributed by atoms with Crippen molar-refractivity contribution in [1.29, 1.82) is 0 Å². The van der Waals surface area contributed by atoms with Gasteiger partial charge >= 0.3 is 0 Å². The van der Waals surface area contributed by atoms with E-state index in [4.69, 9.17) is 17.3 Å². The zero-order valence-corrected chi connectivity index (χ0v) is 14.3. The third-order valence-corrected chi connectivity index (χ3v) is 5.57. The van der Waals surface area contributed by atoms with Crippen LogP contribution < -0.4 is 10.5 Å². The highest BCUT2D eigenvalue weighted by Gasteiger charge is 2.19. The number of nitrogens with one attached hydrogen (secondary N) is 1. The van der Waals surface area contributed by atoms with E-state index in [9.17, 15) is 8.42 Å². The van der Waals surface area contributed by atoms with Crippen LogP contribution in [0, 0.1) is 6.92 Å². The maximum atomic E-state index is 12.3. The number of benzene rings is 1. The zero-order valence-electron chi connectivity index (χ0n) is 11.2. The lowest BCUT2D eigenvalue weighted by Gasteiger charge is -2.10. The van der Waals surface area contributed by atoms with Crippen LogP contribution in [0.4, 0.5) is 5.69 Å². The summed E-state index contributed by atoms with van der Waals surface area (Å²) in [6.07, 6.45) is 3.55. The van der Waals surface area contributed by atoms with E-state index >= 15 is 0 Å². The summed E-state index contributed by atoms with van der Waals surface area (Å²) in [6, 6.07) is 2.83. The second kappa shape index (κ2) is 6.35. The Morgan fingerprint density at radius 3 is 2.81 bits per heavy atom. The molecule has 0 spiro atoms. The number of aromatic nitrogens is 2. The Bertz CT molecular complexity index is 761. The Hall–Kier alpha value is -1.09. The van der Waals surface area contributed by atoms with Gasteiger partial charge in [-0.1, -0.05) is 11.6 Å². The molecular weight excluding hydrogens is 380 g/mol. The minimum Gasteiger partial charge on any atom is -0.398 e. The smallest absolute Gasteiger partial charge is 0.241 e. The van der Waals surface area contributed by atoms with Crippen molar-refractivity contribution >= 4 is 43.2 Å². The Balaban J connectivity index is 2.12. The molecule has 9 heteroatoms. The van der Waals surface area contributed by atoms with E-state index in [-0.39, 0.29) is 22.2 Å². The number of aryl methyl sites for hydroxylation is 1. The first-order valence-corrected chi connectivity index (χ1v) is 8.68. The second-order valence-corrected chi connectivity index (χ2v) is 7.45. The Morgan fingerprint density at radius 1 is 1.48 bits per heavy atom. The van der Waals surface area contributed by atoms with E-state index in [1.807, 2.05) is 13.1 Å². The van der Waals surface area contributed by atoms with Gasteiger partial charge in [0.2, 0.25) is 10.0 Å². The molecule has 0 aliphatic rings. The van der Waals surface area contributed by atoms with Crippen molar-refractivity contribution in [3.05, 3.63) is 39.6 Å². The van der Waals surface area contributed by atoms with Crippen molar-refractivity contribution < 1.29 is 8.42 Å².